The lowest BCUT2D eigenvalue weighted by molar-refractivity contribution is -0.117. The molecule has 0 saturated carbocycles. The number of carbonyl (C=O) groups excluding carboxylic acids is 1. The van der Waals surface area contributed by atoms with Gasteiger partial charge >= 0.3 is 0 Å². The fourth-order valence-corrected chi connectivity index (χ4v) is 2.99. The van der Waals surface area contributed by atoms with Crippen LogP contribution in [-0.4, -0.2) is 10.9 Å². The number of anilines is 1. The van der Waals surface area contributed by atoms with Crippen LogP contribution in [0, 0.1) is 11.3 Å². The molecule has 3 N–H and O–H groups in total. The lowest BCUT2D eigenvalue weighted by Gasteiger charge is -2.22. The zero-order valence-electron chi connectivity index (χ0n) is 12.5. The van der Waals surface area contributed by atoms with Crippen LogP contribution in [0.4, 0.5) is 5.13 Å². The molecule has 0 saturated heterocycles. The van der Waals surface area contributed by atoms with E-state index in [1.54, 1.807) is 0 Å². The predicted octanol–water partition coefficient (Wildman–Crippen LogP) is 3.56. The second-order valence-electron chi connectivity index (χ2n) is 6.49. The second-order valence-corrected chi connectivity index (χ2v) is 7.35. The number of rotatable bonds is 5. The molecule has 0 fully saturated rings. The molecule has 1 amide bonds. The Labute approximate surface area is 119 Å². The van der Waals surface area contributed by atoms with Gasteiger partial charge in [-0.05, 0) is 24.7 Å². The molecule has 0 radical (unpaired) electrons. The highest BCUT2D eigenvalue weighted by atomic mass is 32.1. The summed E-state index contributed by atoms with van der Waals surface area (Å²) in [6, 6.07) is -0.0956. The van der Waals surface area contributed by atoms with Gasteiger partial charge in [-0.3, -0.25) is 4.79 Å². The second kappa shape index (κ2) is 6.48. The van der Waals surface area contributed by atoms with Crippen molar-refractivity contribution in [2.45, 2.75) is 53.5 Å². The SMILES string of the molecule is CC(CC(=O)Nc1nc(C(C)N)cs1)CC(C)(C)C. The van der Waals surface area contributed by atoms with E-state index in [0.29, 0.717) is 17.5 Å². The Morgan fingerprint density at radius 2 is 2.11 bits per heavy atom. The van der Waals surface area contributed by atoms with Crippen molar-refractivity contribution in [2.75, 3.05) is 5.32 Å². The molecule has 4 nitrogen and oxygen atoms in total. The van der Waals surface area contributed by atoms with E-state index in [4.69, 9.17) is 5.73 Å². The zero-order chi connectivity index (χ0) is 14.6. The van der Waals surface area contributed by atoms with Crippen molar-refractivity contribution in [1.82, 2.24) is 4.98 Å². The van der Waals surface area contributed by atoms with Crippen LogP contribution in [-0.2, 0) is 4.79 Å². The Kier molecular flexibility index (Phi) is 5.50. The molecule has 19 heavy (non-hydrogen) atoms. The van der Waals surface area contributed by atoms with Crippen molar-refractivity contribution in [1.29, 1.82) is 0 Å². The van der Waals surface area contributed by atoms with E-state index in [1.165, 1.54) is 11.3 Å². The van der Waals surface area contributed by atoms with Crippen LogP contribution < -0.4 is 11.1 Å². The summed E-state index contributed by atoms with van der Waals surface area (Å²) in [6.45, 7) is 10.6. The quantitative estimate of drug-likeness (QED) is 0.868. The first-order valence-corrected chi connectivity index (χ1v) is 7.56. The van der Waals surface area contributed by atoms with Gasteiger partial charge in [0.1, 0.15) is 0 Å². The van der Waals surface area contributed by atoms with Crippen LogP contribution in [0.2, 0.25) is 0 Å². The summed E-state index contributed by atoms with van der Waals surface area (Å²) < 4.78 is 0. The van der Waals surface area contributed by atoms with Crippen LogP contribution in [0.1, 0.15) is 59.2 Å². The summed E-state index contributed by atoms with van der Waals surface area (Å²) in [6.07, 6.45) is 1.56. The van der Waals surface area contributed by atoms with Gasteiger partial charge in [-0.15, -0.1) is 11.3 Å². The molecule has 108 valence electrons. The van der Waals surface area contributed by atoms with E-state index in [-0.39, 0.29) is 17.4 Å². The van der Waals surface area contributed by atoms with Gasteiger partial charge in [-0.25, -0.2) is 4.98 Å². The molecule has 0 aliphatic rings. The fraction of sp³-hybridized carbons (Fsp3) is 0.714. The number of nitrogens with one attached hydrogen (secondary N) is 1. The highest BCUT2D eigenvalue weighted by Crippen LogP contribution is 2.26. The Balaban J connectivity index is 2.46. The fourth-order valence-electron chi connectivity index (χ4n) is 2.16. The van der Waals surface area contributed by atoms with Crippen LogP contribution >= 0.6 is 11.3 Å². The van der Waals surface area contributed by atoms with E-state index in [2.05, 4.69) is 38.0 Å². The minimum absolute atomic E-state index is 0.0299. The summed E-state index contributed by atoms with van der Waals surface area (Å²) in [5.74, 6) is 0.398. The summed E-state index contributed by atoms with van der Waals surface area (Å²) in [5.41, 5.74) is 6.81. The largest absolute Gasteiger partial charge is 0.323 e. The normalized spacial score (nSPS) is 15.1. The van der Waals surface area contributed by atoms with Crippen molar-refractivity contribution in [3.05, 3.63) is 11.1 Å². The predicted molar refractivity (Wildman–Crippen MR) is 81.2 cm³/mol. The number of carbonyl (C=O) groups is 1. The van der Waals surface area contributed by atoms with Crippen LogP contribution in [0.5, 0.6) is 0 Å². The van der Waals surface area contributed by atoms with Crippen molar-refractivity contribution in [3.8, 4) is 0 Å². The van der Waals surface area contributed by atoms with Crippen LogP contribution in [0.25, 0.3) is 0 Å². The molecule has 1 aromatic rings. The third kappa shape index (κ3) is 6.16. The molecule has 2 atom stereocenters. The van der Waals surface area contributed by atoms with E-state index in [1.807, 2.05) is 12.3 Å². The molecule has 1 heterocycles. The highest BCUT2D eigenvalue weighted by molar-refractivity contribution is 7.13. The summed E-state index contributed by atoms with van der Waals surface area (Å²) in [4.78, 5) is 16.2. The van der Waals surface area contributed by atoms with Gasteiger partial charge in [-0.2, -0.15) is 0 Å². The third-order valence-electron chi connectivity index (χ3n) is 2.73. The molecule has 1 aromatic heterocycles. The number of hydrogen-bond acceptors (Lipinski definition) is 4. The Morgan fingerprint density at radius 3 is 2.58 bits per heavy atom. The van der Waals surface area contributed by atoms with Crippen molar-refractivity contribution in [3.63, 3.8) is 0 Å². The molecule has 0 aliphatic carbocycles. The monoisotopic (exact) mass is 283 g/mol. The summed E-state index contributed by atoms with van der Waals surface area (Å²) in [7, 11) is 0. The van der Waals surface area contributed by atoms with E-state index in [9.17, 15) is 4.79 Å². The number of aromatic nitrogens is 1. The first-order valence-electron chi connectivity index (χ1n) is 6.68. The molecule has 0 aliphatic heterocycles. The first-order chi connectivity index (χ1) is 8.67. The first kappa shape index (κ1) is 16.1. The Bertz CT molecular complexity index is 421. The van der Waals surface area contributed by atoms with Gasteiger partial charge in [0, 0.05) is 17.8 Å². The Morgan fingerprint density at radius 1 is 1.47 bits per heavy atom. The molecular weight excluding hydrogens is 258 g/mol. The van der Waals surface area contributed by atoms with Gasteiger partial charge in [-0.1, -0.05) is 27.7 Å². The molecular formula is C14H25N3OS. The number of hydrogen-bond donors (Lipinski definition) is 2. The van der Waals surface area contributed by atoms with Gasteiger partial charge < -0.3 is 11.1 Å². The molecule has 2 unspecified atom stereocenters. The maximum Gasteiger partial charge on any atom is 0.226 e. The molecule has 0 bridgehead atoms. The topological polar surface area (TPSA) is 68.0 Å². The highest BCUT2D eigenvalue weighted by Gasteiger charge is 2.18. The zero-order valence-corrected chi connectivity index (χ0v) is 13.3. The molecule has 0 spiro atoms. The average Bonchev–Trinajstić information content (AvgIpc) is 2.62. The van der Waals surface area contributed by atoms with Gasteiger partial charge in [0.2, 0.25) is 5.91 Å². The smallest absolute Gasteiger partial charge is 0.226 e. The summed E-state index contributed by atoms with van der Waals surface area (Å²) in [5, 5.41) is 5.37. The number of thiazole rings is 1. The van der Waals surface area contributed by atoms with Gasteiger partial charge in [0.15, 0.2) is 5.13 Å². The minimum Gasteiger partial charge on any atom is -0.323 e. The molecule has 1 rings (SSSR count). The van der Waals surface area contributed by atoms with Crippen molar-refractivity contribution in [2.24, 2.45) is 17.1 Å². The van der Waals surface area contributed by atoms with E-state index in [0.717, 1.165) is 12.1 Å². The van der Waals surface area contributed by atoms with E-state index < -0.39 is 0 Å². The lowest BCUT2D eigenvalue weighted by atomic mass is 9.84. The van der Waals surface area contributed by atoms with Gasteiger partial charge in [0.05, 0.1) is 5.69 Å². The van der Waals surface area contributed by atoms with Crippen molar-refractivity contribution < 1.29 is 4.79 Å². The third-order valence-corrected chi connectivity index (χ3v) is 3.51. The number of amides is 1. The van der Waals surface area contributed by atoms with Crippen molar-refractivity contribution >= 4 is 22.4 Å². The lowest BCUT2D eigenvalue weighted by Crippen LogP contribution is -2.19. The summed E-state index contributed by atoms with van der Waals surface area (Å²) >= 11 is 1.42. The van der Waals surface area contributed by atoms with E-state index >= 15 is 0 Å². The maximum absolute atomic E-state index is 11.9. The van der Waals surface area contributed by atoms with Gasteiger partial charge in [0.25, 0.3) is 0 Å². The maximum atomic E-state index is 11.9. The standard InChI is InChI=1S/C14H25N3OS/c1-9(7-14(3,4)5)6-12(18)17-13-16-11(8-19-13)10(2)15/h8-10H,6-7,15H2,1-5H3,(H,16,17,18). The molecule has 0 aromatic carbocycles. The Hall–Kier alpha value is -0.940. The molecule has 5 heteroatoms. The van der Waals surface area contributed by atoms with Crippen LogP contribution in [0.15, 0.2) is 5.38 Å². The average molecular weight is 283 g/mol. The number of nitrogens with two attached hydrogens (primary N) is 1. The minimum atomic E-state index is -0.0956. The number of nitrogens with zero attached hydrogens (tertiary/aromatic N) is 1. The van der Waals surface area contributed by atoms with Crippen LogP contribution in [0.3, 0.4) is 0 Å².